The van der Waals surface area contributed by atoms with Crippen molar-refractivity contribution in [1.82, 2.24) is 4.90 Å². The van der Waals surface area contributed by atoms with Crippen LogP contribution in [0.3, 0.4) is 0 Å². The Morgan fingerprint density at radius 1 is 1.24 bits per heavy atom. The van der Waals surface area contributed by atoms with Gasteiger partial charge in [0.25, 0.3) is 0 Å². The Labute approximate surface area is 106 Å². The van der Waals surface area contributed by atoms with Gasteiger partial charge in [0.05, 0.1) is 5.92 Å². The summed E-state index contributed by atoms with van der Waals surface area (Å²) in [5.74, 6) is 0.803. The van der Waals surface area contributed by atoms with Crippen molar-refractivity contribution in [3.63, 3.8) is 0 Å². The van der Waals surface area contributed by atoms with Gasteiger partial charge in [-0.2, -0.15) is 0 Å². The molecule has 0 aliphatic heterocycles. The topological polar surface area (TPSA) is 46.3 Å². The van der Waals surface area contributed by atoms with Crippen LogP contribution in [0, 0.1) is 11.8 Å². The van der Waals surface area contributed by atoms with Gasteiger partial charge < -0.3 is 10.6 Å². The number of hydrogen-bond acceptors (Lipinski definition) is 2. The van der Waals surface area contributed by atoms with Crippen molar-refractivity contribution in [2.75, 3.05) is 13.1 Å². The summed E-state index contributed by atoms with van der Waals surface area (Å²) in [6.07, 6.45) is 5.39. The molecule has 17 heavy (non-hydrogen) atoms. The van der Waals surface area contributed by atoms with E-state index in [0.717, 1.165) is 38.8 Å². The summed E-state index contributed by atoms with van der Waals surface area (Å²) in [6.45, 7) is 8.18. The number of carbonyl (C=O) groups is 1. The van der Waals surface area contributed by atoms with Crippen LogP contribution in [0.15, 0.2) is 0 Å². The van der Waals surface area contributed by atoms with E-state index in [1.807, 2.05) is 4.90 Å². The quantitative estimate of drug-likeness (QED) is 0.802. The first-order chi connectivity index (χ1) is 8.11. The predicted octanol–water partition coefficient (Wildman–Crippen LogP) is 2.40. The van der Waals surface area contributed by atoms with E-state index >= 15 is 0 Å². The van der Waals surface area contributed by atoms with Crippen molar-refractivity contribution in [1.29, 1.82) is 0 Å². The zero-order valence-corrected chi connectivity index (χ0v) is 11.6. The van der Waals surface area contributed by atoms with Gasteiger partial charge in [0.15, 0.2) is 0 Å². The minimum atomic E-state index is 0.0573. The fourth-order valence-corrected chi connectivity index (χ4v) is 2.97. The lowest BCUT2D eigenvalue weighted by Crippen LogP contribution is -2.49. The highest BCUT2D eigenvalue weighted by Gasteiger charge is 2.35. The zero-order chi connectivity index (χ0) is 12.8. The number of nitrogens with two attached hydrogens (primary N) is 1. The monoisotopic (exact) mass is 240 g/mol. The van der Waals surface area contributed by atoms with Crippen LogP contribution >= 0.6 is 0 Å². The molecule has 0 saturated heterocycles. The van der Waals surface area contributed by atoms with E-state index in [0.29, 0.717) is 11.8 Å². The molecule has 100 valence electrons. The Bertz CT molecular complexity index is 226. The van der Waals surface area contributed by atoms with E-state index in [-0.39, 0.29) is 12.0 Å². The third kappa shape index (κ3) is 3.70. The molecule has 0 heterocycles. The number of rotatable bonds is 5. The van der Waals surface area contributed by atoms with Gasteiger partial charge in [0.1, 0.15) is 0 Å². The average molecular weight is 240 g/mol. The second-order valence-corrected chi connectivity index (χ2v) is 5.42. The van der Waals surface area contributed by atoms with Crippen LogP contribution in [-0.2, 0) is 4.79 Å². The smallest absolute Gasteiger partial charge is 0.227 e. The minimum absolute atomic E-state index is 0.0573. The summed E-state index contributed by atoms with van der Waals surface area (Å²) in [5.41, 5.74) is 6.15. The molecule has 2 N–H and O–H groups in total. The van der Waals surface area contributed by atoms with Crippen LogP contribution in [0.2, 0.25) is 0 Å². The van der Waals surface area contributed by atoms with Gasteiger partial charge in [-0.3, -0.25) is 4.79 Å². The van der Waals surface area contributed by atoms with Gasteiger partial charge in [-0.25, -0.2) is 0 Å². The third-order valence-corrected chi connectivity index (χ3v) is 3.86. The molecule has 0 aromatic rings. The Hall–Kier alpha value is -0.570. The van der Waals surface area contributed by atoms with Gasteiger partial charge in [-0.15, -0.1) is 0 Å². The van der Waals surface area contributed by atoms with Gasteiger partial charge in [0, 0.05) is 19.1 Å². The van der Waals surface area contributed by atoms with E-state index in [9.17, 15) is 4.79 Å². The van der Waals surface area contributed by atoms with Gasteiger partial charge >= 0.3 is 0 Å². The Kier molecular flexibility index (Phi) is 5.96. The lowest BCUT2D eigenvalue weighted by Gasteiger charge is -2.36. The van der Waals surface area contributed by atoms with Gasteiger partial charge in [0.2, 0.25) is 5.91 Å². The summed E-state index contributed by atoms with van der Waals surface area (Å²) in [6, 6.07) is 0.0717. The molecule has 1 amide bonds. The Morgan fingerprint density at radius 2 is 1.82 bits per heavy atom. The normalized spacial score (nSPS) is 29.1. The van der Waals surface area contributed by atoms with Gasteiger partial charge in [-0.1, -0.05) is 27.2 Å². The van der Waals surface area contributed by atoms with E-state index in [4.69, 9.17) is 5.73 Å². The molecule has 0 aromatic heterocycles. The first-order valence-electron chi connectivity index (χ1n) is 7.16. The summed E-state index contributed by atoms with van der Waals surface area (Å²) in [7, 11) is 0. The summed E-state index contributed by atoms with van der Waals surface area (Å²) in [5, 5.41) is 0. The maximum Gasteiger partial charge on any atom is 0.227 e. The summed E-state index contributed by atoms with van der Waals surface area (Å²) < 4.78 is 0. The van der Waals surface area contributed by atoms with E-state index < -0.39 is 0 Å². The molecular weight excluding hydrogens is 212 g/mol. The molecule has 3 nitrogen and oxygen atoms in total. The lowest BCUT2D eigenvalue weighted by molar-refractivity contribution is -0.139. The molecule has 3 heteroatoms. The van der Waals surface area contributed by atoms with Crippen LogP contribution in [0.25, 0.3) is 0 Å². The predicted molar refractivity (Wildman–Crippen MR) is 71.6 cm³/mol. The van der Waals surface area contributed by atoms with Crippen molar-refractivity contribution in [3.8, 4) is 0 Å². The number of amides is 1. The molecule has 3 atom stereocenters. The molecule has 1 aliphatic carbocycles. The van der Waals surface area contributed by atoms with Gasteiger partial charge in [-0.05, 0) is 31.6 Å². The Balaban J connectivity index is 2.69. The highest BCUT2D eigenvalue weighted by molar-refractivity contribution is 5.80. The molecular formula is C14H28N2O. The van der Waals surface area contributed by atoms with Crippen molar-refractivity contribution in [2.45, 2.75) is 58.9 Å². The van der Waals surface area contributed by atoms with E-state index in [2.05, 4.69) is 20.8 Å². The van der Waals surface area contributed by atoms with Crippen LogP contribution in [-0.4, -0.2) is 29.9 Å². The van der Waals surface area contributed by atoms with E-state index in [1.54, 1.807) is 0 Å². The maximum absolute atomic E-state index is 12.5. The molecule has 3 unspecified atom stereocenters. The van der Waals surface area contributed by atoms with Crippen molar-refractivity contribution in [2.24, 2.45) is 17.6 Å². The largest absolute Gasteiger partial charge is 0.342 e. The molecule has 0 radical (unpaired) electrons. The van der Waals surface area contributed by atoms with Crippen LogP contribution < -0.4 is 5.73 Å². The summed E-state index contributed by atoms with van der Waals surface area (Å²) in [4.78, 5) is 14.6. The van der Waals surface area contributed by atoms with Crippen LogP contribution in [0.4, 0.5) is 0 Å². The maximum atomic E-state index is 12.5. The molecule has 1 fully saturated rings. The third-order valence-electron chi connectivity index (χ3n) is 3.86. The van der Waals surface area contributed by atoms with Crippen LogP contribution in [0.1, 0.15) is 52.9 Å². The fourth-order valence-electron chi connectivity index (χ4n) is 2.97. The lowest BCUT2D eigenvalue weighted by atomic mass is 9.76. The van der Waals surface area contributed by atoms with Crippen molar-refractivity contribution < 1.29 is 4.79 Å². The first-order valence-corrected chi connectivity index (χ1v) is 7.16. The molecule has 0 spiro atoms. The highest BCUT2D eigenvalue weighted by Crippen LogP contribution is 2.30. The SMILES string of the molecule is CCCN(CCC)C(=O)C1C(C)CCCC1N. The number of carbonyl (C=O) groups excluding carboxylic acids is 1. The minimum Gasteiger partial charge on any atom is -0.342 e. The fraction of sp³-hybridized carbons (Fsp3) is 0.929. The molecule has 0 bridgehead atoms. The average Bonchev–Trinajstić information content (AvgIpc) is 2.28. The zero-order valence-electron chi connectivity index (χ0n) is 11.6. The molecule has 1 rings (SSSR count). The molecule has 1 aliphatic rings. The second kappa shape index (κ2) is 7.00. The van der Waals surface area contributed by atoms with Crippen LogP contribution in [0.5, 0.6) is 0 Å². The number of hydrogen-bond donors (Lipinski definition) is 1. The number of nitrogens with zero attached hydrogens (tertiary/aromatic N) is 1. The highest BCUT2D eigenvalue weighted by atomic mass is 16.2. The standard InChI is InChI=1S/C14H28N2O/c1-4-9-16(10-5-2)14(17)13-11(3)7-6-8-12(13)15/h11-13H,4-10,15H2,1-3H3. The molecule has 0 aromatic carbocycles. The summed E-state index contributed by atoms with van der Waals surface area (Å²) >= 11 is 0. The van der Waals surface area contributed by atoms with E-state index in [1.165, 1.54) is 6.42 Å². The molecule has 1 saturated carbocycles. The first kappa shape index (κ1) is 14.5. The van der Waals surface area contributed by atoms with Crippen molar-refractivity contribution >= 4 is 5.91 Å². The Morgan fingerprint density at radius 3 is 2.29 bits per heavy atom. The second-order valence-electron chi connectivity index (χ2n) is 5.42. The van der Waals surface area contributed by atoms with Crippen molar-refractivity contribution in [3.05, 3.63) is 0 Å².